The van der Waals surface area contributed by atoms with Gasteiger partial charge in [-0.3, -0.25) is 9.58 Å². The van der Waals surface area contributed by atoms with Crippen molar-refractivity contribution in [3.63, 3.8) is 0 Å². The number of rotatable bonds is 9. The average molecular weight is 541 g/mol. The minimum absolute atomic E-state index is 0.602. The summed E-state index contributed by atoms with van der Waals surface area (Å²) >= 11 is 5.73. The van der Waals surface area contributed by atoms with E-state index in [-0.39, 0.29) is 0 Å². The van der Waals surface area contributed by atoms with Gasteiger partial charge in [0.25, 0.3) is 0 Å². The van der Waals surface area contributed by atoms with Crippen LogP contribution in [0.25, 0.3) is 22.6 Å². The summed E-state index contributed by atoms with van der Waals surface area (Å²) in [4.78, 5) is 12.7. The fraction of sp³-hybridized carbons (Fsp3) is 0.367. The predicted octanol–water partition coefficient (Wildman–Crippen LogP) is 5.34. The van der Waals surface area contributed by atoms with E-state index in [1.165, 1.54) is 22.0 Å². The number of fused-ring (bicyclic) bond motifs is 2. The highest BCUT2D eigenvalue weighted by Gasteiger charge is 2.20. The second-order valence-corrected chi connectivity index (χ2v) is 10.9. The van der Waals surface area contributed by atoms with Crippen molar-refractivity contribution < 1.29 is 0 Å². The van der Waals surface area contributed by atoms with Crippen LogP contribution in [0.4, 0.5) is 11.5 Å². The number of hydrogen-bond acceptors (Lipinski definition) is 6. The van der Waals surface area contributed by atoms with Gasteiger partial charge < -0.3 is 19.8 Å². The van der Waals surface area contributed by atoms with Crippen molar-refractivity contribution in [3.05, 3.63) is 77.1 Å². The third kappa shape index (κ3) is 5.61. The lowest BCUT2D eigenvalue weighted by Crippen LogP contribution is -2.45. The number of H-pyrrole nitrogens is 1. The zero-order valence-electron chi connectivity index (χ0n) is 22.6. The molecule has 9 heteroatoms. The molecule has 202 valence electrons. The standard InChI is InChI=1S/C30H36N8S/c1-3-4-10-37-11-9-22-19-25(6-8-27(22)37)33-29-28(30(39)32-21-31-29)23-5-7-26-24(18-23)20-38(34-26)17-16-36-14-12-35(2)13-15-36/h3,6,8-9,11,18-21H,1,4-5,7,10,12-17H2,2H3,(H2,31,32,33,39). The van der Waals surface area contributed by atoms with Gasteiger partial charge in [0.2, 0.25) is 0 Å². The summed E-state index contributed by atoms with van der Waals surface area (Å²) in [6.07, 6.45) is 12.9. The monoisotopic (exact) mass is 540 g/mol. The Hall–Kier alpha value is -3.53. The van der Waals surface area contributed by atoms with Crippen molar-refractivity contribution in [3.8, 4) is 0 Å². The zero-order valence-corrected chi connectivity index (χ0v) is 23.4. The highest BCUT2D eigenvalue weighted by molar-refractivity contribution is 7.71. The smallest absolute Gasteiger partial charge is 0.139 e. The molecule has 0 bridgehead atoms. The van der Waals surface area contributed by atoms with Crippen molar-refractivity contribution >= 4 is 46.3 Å². The fourth-order valence-corrected chi connectivity index (χ4v) is 5.86. The second kappa shape index (κ2) is 11.3. The molecule has 39 heavy (non-hydrogen) atoms. The van der Waals surface area contributed by atoms with Gasteiger partial charge in [-0.2, -0.15) is 5.10 Å². The van der Waals surface area contributed by atoms with E-state index in [1.807, 2.05) is 6.08 Å². The van der Waals surface area contributed by atoms with Gasteiger partial charge in [0.15, 0.2) is 0 Å². The molecule has 1 saturated heterocycles. The number of allylic oxidation sites excluding steroid dienone is 2. The van der Waals surface area contributed by atoms with E-state index in [0.29, 0.717) is 4.64 Å². The van der Waals surface area contributed by atoms with Crippen LogP contribution in [0.5, 0.6) is 0 Å². The molecule has 0 amide bonds. The third-order valence-corrected chi connectivity index (χ3v) is 8.17. The maximum Gasteiger partial charge on any atom is 0.139 e. The normalized spacial score (nSPS) is 16.3. The van der Waals surface area contributed by atoms with Crippen LogP contribution in [0.3, 0.4) is 0 Å². The summed E-state index contributed by atoms with van der Waals surface area (Å²) in [6.45, 7) is 11.3. The first-order valence-electron chi connectivity index (χ1n) is 13.8. The summed E-state index contributed by atoms with van der Waals surface area (Å²) in [5.41, 5.74) is 6.73. The molecule has 0 spiro atoms. The first kappa shape index (κ1) is 25.7. The Kier molecular flexibility index (Phi) is 7.45. The number of likely N-dealkylation sites (N-methyl/N-ethyl adjacent to an activating group) is 1. The van der Waals surface area contributed by atoms with Gasteiger partial charge in [-0.05, 0) is 62.2 Å². The SMILES string of the molecule is C=CCCn1ccc2cc(Nc3[nH]cnc(=S)c3C3=Cc4cn(CCN5CCN(C)CC5)nc4CC3)ccc21. The van der Waals surface area contributed by atoms with Crippen LogP contribution in [-0.4, -0.2) is 73.9 Å². The third-order valence-electron chi connectivity index (χ3n) is 7.86. The molecule has 0 unspecified atom stereocenters. The Morgan fingerprint density at radius 1 is 1.10 bits per heavy atom. The van der Waals surface area contributed by atoms with Gasteiger partial charge in [-0.1, -0.05) is 18.3 Å². The lowest BCUT2D eigenvalue weighted by atomic mass is 9.93. The van der Waals surface area contributed by atoms with E-state index in [4.69, 9.17) is 17.3 Å². The molecule has 3 aromatic heterocycles. The van der Waals surface area contributed by atoms with Gasteiger partial charge >= 0.3 is 0 Å². The molecule has 1 aromatic carbocycles. The van der Waals surface area contributed by atoms with Crippen molar-refractivity contribution in [1.29, 1.82) is 0 Å². The minimum atomic E-state index is 0.602. The Labute approximate surface area is 234 Å². The largest absolute Gasteiger partial charge is 0.347 e. The molecule has 4 aromatic rings. The van der Waals surface area contributed by atoms with E-state index < -0.39 is 0 Å². The highest BCUT2D eigenvalue weighted by Crippen LogP contribution is 2.34. The number of aryl methyl sites for hydroxylation is 2. The Bertz CT molecular complexity index is 1570. The number of nitrogens with one attached hydrogen (secondary N) is 2. The summed E-state index contributed by atoms with van der Waals surface area (Å²) < 4.78 is 4.98. The number of benzene rings is 1. The van der Waals surface area contributed by atoms with Gasteiger partial charge in [-0.15, -0.1) is 6.58 Å². The van der Waals surface area contributed by atoms with E-state index in [9.17, 15) is 0 Å². The molecule has 0 atom stereocenters. The maximum absolute atomic E-state index is 5.73. The predicted molar refractivity (Wildman–Crippen MR) is 162 cm³/mol. The van der Waals surface area contributed by atoms with Crippen molar-refractivity contribution in [1.82, 2.24) is 34.1 Å². The second-order valence-electron chi connectivity index (χ2n) is 10.6. The number of aromatic amines is 1. The molecule has 1 aliphatic carbocycles. The van der Waals surface area contributed by atoms with Crippen molar-refractivity contribution in [2.24, 2.45) is 0 Å². The number of aromatic nitrogens is 5. The molecular weight excluding hydrogens is 504 g/mol. The van der Waals surface area contributed by atoms with Crippen LogP contribution >= 0.6 is 12.2 Å². The summed E-state index contributed by atoms with van der Waals surface area (Å²) in [7, 11) is 2.19. The zero-order chi connectivity index (χ0) is 26.8. The Balaban J connectivity index is 1.21. The first-order valence-corrected chi connectivity index (χ1v) is 14.2. The summed E-state index contributed by atoms with van der Waals surface area (Å²) in [5.74, 6) is 0.873. The quantitative estimate of drug-likeness (QED) is 0.221. The number of hydrogen-bond donors (Lipinski definition) is 2. The molecular formula is C30H36N8S. The molecule has 1 fully saturated rings. The molecule has 1 aliphatic heterocycles. The van der Waals surface area contributed by atoms with E-state index in [2.05, 4.69) is 90.7 Å². The van der Waals surface area contributed by atoms with Gasteiger partial charge in [0.1, 0.15) is 10.5 Å². The lowest BCUT2D eigenvalue weighted by molar-refractivity contribution is 0.148. The van der Waals surface area contributed by atoms with Crippen LogP contribution in [-0.2, 0) is 19.5 Å². The average Bonchev–Trinajstić information content (AvgIpc) is 3.54. The molecule has 2 aliphatic rings. The number of piperazine rings is 1. The summed E-state index contributed by atoms with van der Waals surface area (Å²) in [5, 5.41) is 9.69. The topological polar surface area (TPSA) is 69.9 Å². The molecule has 4 heterocycles. The van der Waals surface area contributed by atoms with Crippen LogP contribution < -0.4 is 5.32 Å². The summed E-state index contributed by atoms with van der Waals surface area (Å²) in [6, 6.07) is 8.62. The highest BCUT2D eigenvalue weighted by atomic mass is 32.1. The number of anilines is 2. The molecule has 8 nitrogen and oxygen atoms in total. The van der Waals surface area contributed by atoms with Crippen LogP contribution in [0.15, 0.2) is 55.6 Å². The molecule has 0 saturated carbocycles. The van der Waals surface area contributed by atoms with Crippen LogP contribution in [0.2, 0.25) is 0 Å². The van der Waals surface area contributed by atoms with Gasteiger partial charge in [0, 0.05) is 73.8 Å². The van der Waals surface area contributed by atoms with E-state index >= 15 is 0 Å². The Morgan fingerprint density at radius 2 is 1.97 bits per heavy atom. The maximum atomic E-state index is 5.73. The molecule has 6 rings (SSSR count). The lowest BCUT2D eigenvalue weighted by Gasteiger charge is -2.32. The van der Waals surface area contributed by atoms with E-state index in [0.717, 1.165) is 87.8 Å². The number of nitrogens with zero attached hydrogens (tertiary/aromatic N) is 6. The molecule has 2 N–H and O–H groups in total. The minimum Gasteiger partial charge on any atom is -0.347 e. The fourth-order valence-electron chi connectivity index (χ4n) is 5.57. The van der Waals surface area contributed by atoms with Gasteiger partial charge in [0.05, 0.1) is 24.1 Å². The first-order chi connectivity index (χ1) is 19.1. The molecule has 0 radical (unpaired) electrons. The van der Waals surface area contributed by atoms with Crippen LogP contribution in [0, 0.1) is 4.64 Å². The van der Waals surface area contributed by atoms with E-state index in [1.54, 1.807) is 6.33 Å². The van der Waals surface area contributed by atoms with Crippen molar-refractivity contribution in [2.45, 2.75) is 32.4 Å². The van der Waals surface area contributed by atoms with Crippen molar-refractivity contribution in [2.75, 3.05) is 45.1 Å². The van der Waals surface area contributed by atoms with Gasteiger partial charge in [-0.25, -0.2) is 4.98 Å². The Morgan fingerprint density at radius 3 is 2.82 bits per heavy atom. The van der Waals surface area contributed by atoms with Crippen LogP contribution in [0.1, 0.15) is 29.7 Å².